The fourth-order valence-electron chi connectivity index (χ4n) is 3.35. The highest BCUT2D eigenvalue weighted by Crippen LogP contribution is 2.22. The number of nitrogens with zero attached hydrogens (tertiary/aromatic N) is 3. The number of rotatable bonds is 3. The number of aromatic nitrogens is 1. The third-order valence-electron chi connectivity index (χ3n) is 4.58. The first-order valence-electron chi connectivity index (χ1n) is 8.83. The van der Waals surface area contributed by atoms with Crippen LogP contribution >= 0.6 is 0 Å². The molecule has 1 unspecified atom stereocenters. The van der Waals surface area contributed by atoms with Gasteiger partial charge in [-0.1, -0.05) is 6.07 Å². The molecule has 1 aromatic heterocycles. The third-order valence-corrected chi connectivity index (χ3v) is 4.58. The molecule has 142 valence electrons. The molecular formula is C18H25N3O5. The minimum Gasteiger partial charge on any atom is -0.473 e. The van der Waals surface area contributed by atoms with E-state index in [0.717, 1.165) is 45.6 Å². The van der Waals surface area contributed by atoms with Gasteiger partial charge in [0.2, 0.25) is 5.91 Å². The number of likely N-dealkylation sites (tertiary alicyclic amines) is 2. The van der Waals surface area contributed by atoms with Gasteiger partial charge >= 0.3 is 11.9 Å². The van der Waals surface area contributed by atoms with E-state index in [4.69, 9.17) is 19.8 Å². The summed E-state index contributed by atoms with van der Waals surface area (Å²) in [6.07, 6.45) is 8.27. The maximum Gasteiger partial charge on any atom is 0.414 e. The summed E-state index contributed by atoms with van der Waals surface area (Å²) in [5.41, 5.74) is 1.24. The van der Waals surface area contributed by atoms with Crippen molar-refractivity contribution in [3.05, 3.63) is 30.1 Å². The lowest BCUT2D eigenvalue weighted by molar-refractivity contribution is -0.159. The van der Waals surface area contributed by atoms with E-state index in [9.17, 15) is 4.79 Å². The number of carbonyl (C=O) groups excluding carboxylic acids is 1. The summed E-state index contributed by atoms with van der Waals surface area (Å²) in [6.45, 7) is 4.86. The summed E-state index contributed by atoms with van der Waals surface area (Å²) in [4.78, 5) is 39.3. The van der Waals surface area contributed by atoms with Gasteiger partial charge in [0.05, 0.1) is 5.92 Å². The van der Waals surface area contributed by atoms with Crippen LogP contribution in [0.2, 0.25) is 0 Å². The monoisotopic (exact) mass is 363 g/mol. The molecule has 2 N–H and O–H groups in total. The van der Waals surface area contributed by atoms with Crippen LogP contribution in [0.15, 0.2) is 24.5 Å². The molecule has 1 aromatic rings. The maximum absolute atomic E-state index is 12.5. The lowest BCUT2D eigenvalue weighted by Gasteiger charge is -2.33. The molecule has 26 heavy (non-hydrogen) atoms. The van der Waals surface area contributed by atoms with Gasteiger partial charge in [0, 0.05) is 38.6 Å². The van der Waals surface area contributed by atoms with Crippen molar-refractivity contribution < 1.29 is 24.6 Å². The largest absolute Gasteiger partial charge is 0.473 e. The molecule has 2 aliphatic heterocycles. The number of carbonyl (C=O) groups is 3. The lowest BCUT2D eigenvalue weighted by Crippen LogP contribution is -2.43. The number of carboxylic acids is 2. The van der Waals surface area contributed by atoms with Gasteiger partial charge in [0.15, 0.2) is 0 Å². The molecule has 0 aliphatic carbocycles. The maximum atomic E-state index is 12.5. The predicted octanol–water partition coefficient (Wildman–Crippen LogP) is 1.07. The van der Waals surface area contributed by atoms with Crippen molar-refractivity contribution in [1.82, 2.24) is 14.8 Å². The minimum absolute atomic E-state index is 0.207. The molecule has 1 amide bonds. The van der Waals surface area contributed by atoms with Crippen LogP contribution in [0.1, 0.15) is 31.2 Å². The second-order valence-electron chi connectivity index (χ2n) is 6.58. The van der Waals surface area contributed by atoms with Crippen molar-refractivity contribution in [1.29, 1.82) is 0 Å². The summed E-state index contributed by atoms with van der Waals surface area (Å²) in [5, 5.41) is 14.8. The van der Waals surface area contributed by atoms with Gasteiger partial charge in [0.25, 0.3) is 0 Å². The Labute approximate surface area is 152 Å². The van der Waals surface area contributed by atoms with Crippen molar-refractivity contribution in [2.45, 2.75) is 32.2 Å². The number of carboxylic acid groups (broad SMARTS) is 2. The highest BCUT2D eigenvalue weighted by atomic mass is 16.4. The van der Waals surface area contributed by atoms with Crippen LogP contribution in [0.4, 0.5) is 0 Å². The second-order valence-corrected chi connectivity index (χ2v) is 6.58. The molecule has 8 heteroatoms. The molecule has 0 saturated carbocycles. The Hall–Kier alpha value is -2.48. The van der Waals surface area contributed by atoms with E-state index >= 15 is 0 Å². The zero-order valence-corrected chi connectivity index (χ0v) is 14.7. The Morgan fingerprint density at radius 3 is 2.35 bits per heavy atom. The van der Waals surface area contributed by atoms with Crippen molar-refractivity contribution in [2.24, 2.45) is 5.92 Å². The first-order chi connectivity index (χ1) is 12.5. The Kier molecular flexibility index (Phi) is 7.53. The molecule has 8 nitrogen and oxygen atoms in total. The molecule has 2 aliphatic rings. The molecule has 2 fully saturated rings. The number of aliphatic carboxylic acids is 2. The van der Waals surface area contributed by atoms with Gasteiger partial charge in [-0.05, 0) is 43.9 Å². The average Bonchev–Trinajstić information content (AvgIpc) is 3.17. The standard InChI is InChI=1S/C16H23N3O.C2H2O4/c20-16(19-9-1-2-10-19)15-6-4-8-18(13-15)12-14-5-3-7-17-11-14;3-1(4)2(5)6/h3,5,7,11,15H,1-2,4,6,8-10,12-13H2;(H,3,4)(H,5,6). The quantitative estimate of drug-likeness (QED) is 0.773. The van der Waals surface area contributed by atoms with Crippen molar-refractivity contribution in [3.63, 3.8) is 0 Å². The zero-order chi connectivity index (χ0) is 18.9. The predicted molar refractivity (Wildman–Crippen MR) is 93.3 cm³/mol. The summed E-state index contributed by atoms with van der Waals surface area (Å²) in [5.74, 6) is -3.05. The van der Waals surface area contributed by atoms with Crippen molar-refractivity contribution in [3.8, 4) is 0 Å². The van der Waals surface area contributed by atoms with E-state index in [-0.39, 0.29) is 5.92 Å². The Morgan fingerprint density at radius 1 is 1.08 bits per heavy atom. The molecule has 2 saturated heterocycles. The molecule has 0 bridgehead atoms. The van der Waals surface area contributed by atoms with Crippen LogP contribution in [-0.2, 0) is 20.9 Å². The fourth-order valence-corrected chi connectivity index (χ4v) is 3.35. The summed E-state index contributed by atoms with van der Waals surface area (Å²) in [7, 11) is 0. The molecule has 0 aromatic carbocycles. The van der Waals surface area contributed by atoms with Gasteiger partial charge < -0.3 is 15.1 Å². The summed E-state index contributed by atoms with van der Waals surface area (Å²) >= 11 is 0. The van der Waals surface area contributed by atoms with Gasteiger partial charge in [0.1, 0.15) is 0 Å². The fraction of sp³-hybridized carbons (Fsp3) is 0.556. The molecule has 3 rings (SSSR count). The van der Waals surface area contributed by atoms with Crippen LogP contribution in [0, 0.1) is 5.92 Å². The van der Waals surface area contributed by atoms with Crippen LogP contribution < -0.4 is 0 Å². The smallest absolute Gasteiger partial charge is 0.414 e. The summed E-state index contributed by atoms with van der Waals surface area (Å²) in [6, 6.07) is 4.09. The Bertz CT molecular complexity index is 605. The number of hydrogen-bond donors (Lipinski definition) is 2. The van der Waals surface area contributed by atoms with Gasteiger partial charge in [-0.2, -0.15) is 0 Å². The van der Waals surface area contributed by atoms with E-state index in [2.05, 4.69) is 20.9 Å². The van der Waals surface area contributed by atoms with Crippen molar-refractivity contribution >= 4 is 17.8 Å². The molecule has 3 heterocycles. The number of piperidine rings is 1. The topological polar surface area (TPSA) is 111 Å². The van der Waals surface area contributed by atoms with Gasteiger partial charge in [-0.15, -0.1) is 0 Å². The molecule has 0 spiro atoms. The zero-order valence-electron chi connectivity index (χ0n) is 14.7. The van der Waals surface area contributed by atoms with E-state index < -0.39 is 11.9 Å². The van der Waals surface area contributed by atoms with Crippen molar-refractivity contribution in [2.75, 3.05) is 26.2 Å². The Balaban J connectivity index is 0.000000352. The highest BCUT2D eigenvalue weighted by Gasteiger charge is 2.30. The van der Waals surface area contributed by atoms with Crippen LogP contribution in [0.5, 0.6) is 0 Å². The second kappa shape index (κ2) is 9.86. The van der Waals surface area contributed by atoms with Gasteiger partial charge in [-0.25, -0.2) is 9.59 Å². The van der Waals surface area contributed by atoms with E-state index in [1.165, 1.54) is 18.4 Å². The Morgan fingerprint density at radius 2 is 1.77 bits per heavy atom. The van der Waals surface area contributed by atoms with E-state index in [1.807, 2.05) is 12.3 Å². The number of hydrogen-bond acceptors (Lipinski definition) is 5. The number of amides is 1. The first-order valence-corrected chi connectivity index (χ1v) is 8.83. The van der Waals surface area contributed by atoms with Gasteiger partial charge in [-0.3, -0.25) is 14.7 Å². The van der Waals surface area contributed by atoms with Crippen LogP contribution in [0.25, 0.3) is 0 Å². The molecule has 0 radical (unpaired) electrons. The van der Waals surface area contributed by atoms with E-state index in [1.54, 1.807) is 6.20 Å². The first kappa shape index (κ1) is 19.8. The minimum atomic E-state index is -1.82. The highest BCUT2D eigenvalue weighted by molar-refractivity contribution is 6.27. The number of pyridine rings is 1. The average molecular weight is 363 g/mol. The molecular weight excluding hydrogens is 338 g/mol. The summed E-state index contributed by atoms with van der Waals surface area (Å²) < 4.78 is 0. The van der Waals surface area contributed by atoms with Crippen LogP contribution in [-0.4, -0.2) is 69.0 Å². The lowest BCUT2D eigenvalue weighted by atomic mass is 9.96. The third kappa shape index (κ3) is 6.11. The van der Waals surface area contributed by atoms with Crippen LogP contribution in [0.3, 0.4) is 0 Å². The normalized spacial score (nSPS) is 20.2. The molecule has 1 atom stereocenters. The SMILES string of the molecule is O=C(C1CCCN(Cc2cccnc2)C1)N1CCCC1.O=C(O)C(=O)O. The van der Waals surface area contributed by atoms with E-state index in [0.29, 0.717) is 5.91 Å².